The number of rotatable bonds is 9. The molecule has 0 aliphatic rings. The van der Waals surface area contributed by atoms with Crippen molar-refractivity contribution in [3.05, 3.63) is 58.1 Å². The van der Waals surface area contributed by atoms with Crippen molar-refractivity contribution in [1.29, 1.82) is 0 Å². The van der Waals surface area contributed by atoms with Gasteiger partial charge in [0.05, 0.1) is 17.2 Å². The molecule has 1 unspecified atom stereocenters. The first-order valence-electron chi connectivity index (χ1n) is 8.66. The van der Waals surface area contributed by atoms with Crippen molar-refractivity contribution in [3.8, 4) is 0 Å². The first-order chi connectivity index (χ1) is 13.2. The molecule has 0 heterocycles. The number of hydrogen-bond acceptors (Lipinski definition) is 4. The second-order valence-corrected chi connectivity index (χ2v) is 10.7. The van der Waals surface area contributed by atoms with Crippen LogP contribution >= 0.6 is 23.2 Å². The molecule has 0 saturated heterocycles. The first-order valence-corrected chi connectivity index (χ1v) is 12.6. The van der Waals surface area contributed by atoms with E-state index in [2.05, 4.69) is 0 Å². The molecule has 0 aliphatic carbocycles. The Balaban J connectivity index is 2.54. The lowest BCUT2D eigenvalue weighted by Crippen LogP contribution is -2.39. The highest BCUT2D eigenvalue weighted by molar-refractivity contribution is 7.92. The normalized spacial score (nSPS) is 13.9. The maximum atomic E-state index is 13.5. The minimum absolute atomic E-state index is 0.0895. The lowest BCUT2D eigenvalue weighted by atomic mass is 10.1. The van der Waals surface area contributed by atoms with E-state index in [4.69, 9.17) is 23.2 Å². The highest BCUT2D eigenvalue weighted by atomic mass is 35.5. The summed E-state index contributed by atoms with van der Waals surface area (Å²) in [7, 11) is -4.89. The molecule has 0 saturated carbocycles. The number of aliphatic hydroxyl groups excluding tert-OH is 1. The van der Waals surface area contributed by atoms with Crippen molar-refractivity contribution >= 4 is 49.7 Å². The van der Waals surface area contributed by atoms with Crippen LogP contribution in [0.3, 0.4) is 0 Å². The highest BCUT2D eigenvalue weighted by Crippen LogP contribution is 2.33. The smallest absolute Gasteiger partial charge is 0.264 e. The van der Waals surface area contributed by atoms with E-state index in [1.807, 2.05) is 0 Å². The van der Waals surface area contributed by atoms with E-state index in [0.29, 0.717) is 39.9 Å². The number of anilines is 1. The molecule has 0 spiro atoms. The van der Waals surface area contributed by atoms with Crippen LogP contribution in [0.15, 0.2) is 47.4 Å². The zero-order valence-corrected chi connectivity index (χ0v) is 18.8. The van der Waals surface area contributed by atoms with E-state index in [0.717, 1.165) is 0 Å². The molecule has 28 heavy (non-hydrogen) atoms. The van der Waals surface area contributed by atoms with Crippen LogP contribution in [0.2, 0.25) is 10.0 Å². The second kappa shape index (κ2) is 10.1. The van der Waals surface area contributed by atoms with Crippen molar-refractivity contribution in [2.75, 3.05) is 16.3 Å². The molecule has 2 rings (SSSR count). The summed E-state index contributed by atoms with van der Waals surface area (Å²) in [6, 6.07) is 10.2. The lowest BCUT2D eigenvalue weighted by Gasteiger charge is -2.32. The fourth-order valence-electron chi connectivity index (χ4n) is 2.90. The number of sulfonamides is 1. The third kappa shape index (κ3) is 5.70. The minimum Gasteiger partial charge on any atom is -0.392 e. The third-order valence-electron chi connectivity index (χ3n) is 4.28. The molecule has 0 fully saturated rings. The third-order valence-corrected chi connectivity index (χ3v) is 7.57. The van der Waals surface area contributed by atoms with Crippen molar-refractivity contribution < 1.29 is 17.7 Å². The second-order valence-electron chi connectivity index (χ2n) is 6.45. The van der Waals surface area contributed by atoms with Gasteiger partial charge in [-0.25, -0.2) is 8.42 Å². The van der Waals surface area contributed by atoms with Gasteiger partial charge in [0.15, 0.2) is 0 Å². The van der Waals surface area contributed by atoms with E-state index < -0.39 is 26.9 Å². The fraction of sp³-hybridized carbons (Fsp3) is 0.368. The van der Waals surface area contributed by atoms with Crippen LogP contribution in [0.5, 0.6) is 0 Å². The number of aliphatic hydroxyl groups is 1. The number of benzene rings is 2. The molecule has 0 amide bonds. The van der Waals surface area contributed by atoms with Gasteiger partial charge in [-0.1, -0.05) is 29.3 Å². The van der Waals surface area contributed by atoms with Gasteiger partial charge in [0.1, 0.15) is 0 Å². The Bertz CT molecular complexity index is 933. The molecule has 2 atom stereocenters. The van der Waals surface area contributed by atoms with Crippen LogP contribution in [-0.4, -0.2) is 35.8 Å². The highest BCUT2D eigenvalue weighted by Gasteiger charge is 2.31. The monoisotopic (exact) mass is 463 g/mol. The fourth-order valence-corrected chi connectivity index (χ4v) is 5.48. The maximum absolute atomic E-state index is 13.5. The van der Waals surface area contributed by atoms with E-state index in [9.17, 15) is 17.7 Å². The molecule has 154 valence electrons. The average molecular weight is 464 g/mol. The average Bonchev–Trinajstić information content (AvgIpc) is 2.62. The van der Waals surface area contributed by atoms with Crippen molar-refractivity contribution in [1.82, 2.24) is 0 Å². The SMILES string of the molecule is CC(CCC[S@@](C)=O)N(c1cc(Cl)ccc1CO)S(=O)(=O)c1ccc(Cl)cc1. The molecule has 0 bridgehead atoms. The molecule has 2 aromatic carbocycles. The summed E-state index contributed by atoms with van der Waals surface area (Å²) in [6.45, 7) is 1.46. The van der Waals surface area contributed by atoms with E-state index in [1.54, 1.807) is 25.3 Å². The van der Waals surface area contributed by atoms with Crippen LogP contribution in [0.25, 0.3) is 0 Å². The van der Waals surface area contributed by atoms with E-state index >= 15 is 0 Å². The van der Waals surface area contributed by atoms with Gasteiger partial charge in [-0.3, -0.25) is 8.51 Å². The summed E-state index contributed by atoms with van der Waals surface area (Å²) >= 11 is 12.0. The van der Waals surface area contributed by atoms with E-state index in [1.165, 1.54) is 34.6 Å². The Hall–Kier alpha value is -1.12. The molecule has 0 radical (unpaired) electrons. The number of hydrogen-bond donors (Lipinski definition) is 1. The maximum Gasteiger partial charge on any atom is 0.264 e. The first kappa shape index (κ1) is 23.2. The Morgan fingerprint density at radius 1 is 1.11 bits per heavy atom. The summed E-state index contributed by atoms with van der Waals surface area (Å²) < 4.78 is 39.6. The van der Waals surface area contributed by atoms with Crippen LogP contribution < -0.4 is 4.31 Å². The van der Waals surface area contributed by atoms with Gasteiger partial charge in [-0.05, 0) is 56.2 Å². The molecule has 2 aromatic rings. The van der Waals surface area contributed by atoms with Gasteiger partial charge >= 0.3 is 0 Å². The Morgan fingerprint density at radius 2 is 1.71 bits per heavy atom. The summed E-state index contributed by atoms with van der Waals surface area (Å²) in [6.07, 6.45) is 2.73. The van der Waals surface area contributed by atoms with E-state index in [-0.39, 0.29) is 11.5 Å². The predicted octanol–water partition coefficient (Wildman–Crippen LogP) is 4.23. The zero-order chi connectivity index (χ0) is 20.9. The Labute approximate surface area is 178 Å². The van der Waals surface area contributed by atoms with Crippen LogP contribution in [0, 0.1) is 0 Å². The summed E-state index contributed by atoms with van der Waals surface area (Å²) in [5.41, 5.74) is 0.780. The number of halogens is 2. The molecule has 0 aromatic heterocycles. The molecular weight excluding hydrogens is 441 g/mol. The minimum atomic E-state index is -3.94. The van der Waals surface area contributed by atoms with Gasteiger partial charge < -0.3 is 5.11 Å². The van der Waals surface area contributed by atoms with Gasteiger partial charge in [0.2, 0.25) is 0 Å². The van der Waals surface area contributed by atoms with Gasteiger partial charge in [0, 0.05) is 44.5 Å². The molecule has 5 nitrogen and oxygen atoms in total. The summed E-state index contributed by atoms with van der Waals surface area (Å²) in [4.78, 5) is 0.0895. The van der Waals surface area contributed by atoms with Gasteiger partial charge in [-0.15, -0.1) is 0 Å². The molecule has 0 aliphatic heterocycles. The topological polar surface area (TPSA) is 74.7 Å². The zero-order valence-electron chi connectivity index (χ0n) is 15.6. The predicted molar refractivity (Wildman–Crippen MR) is 116 cm³/mol. The van der Waals surface area contributed by atoms with Gasteiger partial charge in [-0.2, -0.15) is 0 Å². The van der Waals surface area contributed by atoms with Crippen molar-refractivity contribution in [2.24, 2.45) is 0 Å². The van der Waals surface area contributed by atoms with Crippen LogP contribution in [0.1, 0.15) is 25.3 Å². The molecule has 9 heteroatoms. The van der Waals surface area contributed by atoms with Gasteiger partial charge in [0.25, 0.3) is 10.0 Å². The quantitative estimate of drug-likeness (QED) is 0.603. The Morgan fingerprint density at radius 3 is 2.29 bits per heavy atom. The largest absolute Gasteiger partial charge is 0.392 e. The van der Waals surface area contributed by atoms with Crippen molar-refractivity contribution in [3.63, 3.8) is 0 Å². The number of nitrogens with zero attached hydrogens (tertiary/aromatic N) is 1. The Kier molecular flexibility index (Phi) is 8.33. The summed E-state index contributed by atoms with van der Waals surface area (Å²) in [5, 5.41) is 10.5. The standard InChI is InChI=1S/C19H23Cl2NO4S2/c1-14(4-3-11-27(2)24)22(19-12-17(21)6-5-15(19)13-23)28(25,26)18-9-7-16(20)8-10-18/h5-10,12,14,23H,3-4,11,13H2,1-2H3/t14?,27-/m1/s1. The lowest BCUT2D eigenvalue weighted by molar-refractivity contribution is 0.282. The summed E-state index contributed by atoms with van der Waals surface area (Å²) in [5.74, 6) is 0.488. The van der Waals surface area contributed by atoms with Crippen LogP contribution in [-0.2, 0) is 27.4 Å². The molecular formula is C19H23Cl2NO4S2. The van der Waals surface area contributed by atoms with Crippen LogP contribution in [0.4, 0.5) is 5.69 Å². The van der Waals surface area contributed by atoms with Crippen molar-refractivity contribution in [2.45, 2.75) is 37.3 Å². The molecule has 1 N–H and O–H groups in total.